The van der Waals surface area contributed by atoms with Gasteiger partial charge in [-0.3, -0.25) is 4.98 Å². The van der Waals surface area contributed by atoms with Gasteiger partial charge in [-0.05, 0) is 42.8 Å². The first-order valence-corrected chi connectivity index (χ1v) is 6.71. The van der Waals surface area contributed by atoms with Gasteiger partial charge in [0.25, 0.3) is 0 Å². The monoisotopic (exact) mass is 256 g/mol. The van der Waals surface area contributed by atoms with Crippen molar-refractivity contribution in [2.75, 3.05) is 13.2 Å². The van der Waals surface area contributed by atoms with Gasteiger partial charge in [-0.15, -0.1) is 0 Å². The summed E-state index contributed by atoms with van der Waals surface area (Å²) >= 11 is 0. The Kier molecular flexibility index (Phi) is 4.93. The number of nitrogens with one attached hydrogen (secondary N) is 1. The number of pyridine rings is 1. The van der Waals surface area contributed by atoms with Crippen molar-refractivity contribution in [3.63, 3.8) is 0 Å². The third kappa shape index (κ3) is 3.80. The van der Waals surface area contributed by atoms with Crippen molar-refractivity contribution in [3.8, 4) is 16.9 Å². The Morgan fingerprint density at radius 2 is 2.00 bits per heavy atom. The highest BCUT2D eigenvalue weighted by Crippen LogP contribution is 2.23. The Bertz CT molecular complexity index is 526. The van der Waals surface area contributed by atoms with Crippen LogP contribution in [0.4, 0.5) is 0 Å². The van der Waals surface area contributed by atoms with Gasteiger partial charge in [-0.1, -0.05) is 19.1 Å². The maximum absolute atomic E-state index is 5.53. The molecule has 1 heterocycles. The number of benzene rings is 1. The predicted molar refractivity (Wildman–Crippen MR) is 78.2 cm³/mol. The quantitative estimate of drug-likeness (QED) is 0.861. The maximum atomic E-state index is 5.53. The highest BCUT2D eigenvalue weighted by Gasteiger charge is 2.02. The van der Waals surface area contributed by atoms with Crippen LogP contribution in [-0.4, -0.2) is 18.1 Å². The minimum absolute atomic E-state index is 0.683. The standard InChI is InChI=1S/C16H20N2O/c1-3-17-10-13-8-15(12-18-11-13)14-6-5-7-16(9-14)19-4-2/h5-9,11-12,17H,3-4,10H2,1-2H3. The van der Waals surface area contributed by atoms with E-state index in [9.17, 15) is 0 Å². The van der Waals surface area contributed by atoms with Crippen molar-refractivity contribution in [1.29, 1.82) is 0 Å². The molecule has 0 aliphatic heterocycles. The van der Waals surface area contributed by atoms with Crippen molar-refractivity contribution < 1.29 is 4.74 Å². The van der Waals surface area contributed by atoms with E-state index in [4.69, 9.17) is 4.74 Å². The number of rotatable bonds is 6. The van der Waals surface area contributed by atoms with Crippen LogP contribution < -0.4 is 10.1 Å². The molecule has 0 saturated heterocycles. The van der Waals surface area contributed by atoms with E-state index in [-0.39, 0.29) is 0 Å². The predicted octanol–water partition coefficient (Wildman–Crippen LogP) is 3.26. The summed E-state index contributed by atoms with van der Waals surface area (Å²) in [5.74, 6) is 0.900. The highest BCUT2D eigenvalue weighted by atomic mass is 16.5. The van der Waals surface area contributed by atoms with Crippen molar-refractivity contribution >= 4 is 0 Å². The van der Waals surface area contributed by atoms with Gasteiger partial charge in [0.05, 0.1) is 6.61 Å². The largest absolute Gasteiger partial charge is 0.494 e. The van der Waals surface area contributed by atoms with Crippen LogP contribution in [0.25, 0.3) is 11.1 Å². The second kappa shape index (κ2) is 6.90. The van der Waals surface area contributed by atoms with Gasteiger partial charge in [0, 0.05) is 24.5 Å². The van der Waals surface area contributed by atoms with Gasteiger partial charge in [0.15, 0.2) is 0 Å². The summed E-state index contributed by atoms with van der Waals surface area (Å²) in [5, 5.41) is 3.31. The molecule has 0 radical (unpaired) electrons. The smallest absolute Gasteiger partial charge is 0.119 e. The van der Waals surface area contributed by atoms with E-state index in [1.165, 1.54) is 5.56 Å². The first kappa shape index (κ1) is 13.6. The zero-order valence-electron chi connectivity index (χ0n) is 11.5. The van der Waals surface area contributed by atoms with Gasteiger partial charge in [0.1, 0.15) is 5.75 Å². The molecule has 2 rings (SSSR count). The van der Waals surface area contributed by atoms with E-state index >= 15 is 0 Å². The Morgan fingerprint density at radius 1 is 1.11 bits per heavy atom. The third-order valence-electron chi connectivity index (χ3n) is 2.85. The molecule has 2 aromatic rings. The molecule has 0 atom stereocenters. The summed E-state index contributed by atoms with van der Waals surface area (Å²) in [6, 6.07) is 10.3. The fourth-order valence-corrected chi connectivity index (χ4v) is 1.94. The summed E-state index contributed by atoms with van der Waals surface area (Å²) in [7, 11) is 0. The molecule has 0 fully saturated rings. The van der Waals surface area contributed by atoms with Crippen molar-refractivity contribution in [3.05, 3.63) is 48.3 Å². The zero-order valence-corrected chi connectivity index (χ0v) is 11.5. The van der Waals surface area contributed by atoms with Gasteiger partial charge < -0.3 is 10.1 Å². The highest BCUT2D eigenvalue weighted by molar-refractivity contribution is 5.64. The number of hydrogen-bond acceptors (Lipinski definition) is 3. The summed E-state index contributed by atoms with van der Waals surface area (Å²) in [6.07, 6.45) is 3.79. The SMILES string of the molecule is CCNCc1cncc(-c2cccc(OCC)c2)c1. The molecule has 3 nitrogen and oxygen atoms in total. The molecular weight excluding hydrogens is 236 g/mol. The van der Waals surface area contributed by atoms with E-state index in [2.05, 4.69) is 35.4 Å². The molecule has 1 aromatic carbocycles. The Hall–Kier alpha value is -1.87. The molecule has 0 saturated carbocycles. The van der Waals surface area contributed by atoms with E-state index in [1.807, 2.05) is 31.5 Å². The molecule has 0 aliphatic carbocycles. The average molecular weight is 256 g/mol. The minimum atomic E-state index is 0.683. The maximum Gasteiger partial charge on any atom is 0.119 e. The fourth-order valence-electron chi connectivity index (χ4n) is 1.94. The topological polar surface area (TPSA) is 34.2 Å². The van der Waals surface area contributed by atoms with E-state index < -0.39 is 0 Å². The molecule has 0 spiro atoms. The van der Waals surface area contributed by atoms with Crippen LogP contribution in [0.1, 0.15) is 19.4 Å². The molecule has 1 aromatic heterocycles. The van der Waals surface area contributed by atoms with Gasteiger partial charge in [-0.25, -0.2) is 0 Å². The van der Waals surface area contributed by atoms with Crippen LogP contribution in [0.5, 0.6) is 5.75 Å². The lowest BCUT2D eigenvalue weighted by molar-refractivity contribution is 0.340. The number of ether oxygens (including phenoxy) is 1. The third-order valence-corrected chi connectivity index (χ3v) is 2.85. The summed E-state index contributed by atoms with van der Waals surface area (Å²) in [4.78, 5) is 4.31. The van der Waals surface area contributed by atoms with Crippen molar-refractivity contribution in [2.45, 2.75) is 20.4 Å². The van der Waals surface area contributed by atoms with Crippen molar-refractivity contribution in [1.82, 2.24) is 10.3 Å². The van der Waals surface area contributed by atoms with E-state index in [0.29, 0.717) is 6.61 Å². The molecule has 0 amide bonds. The second-order valence-electron chi connectivity index (χ2n) is 4.32. The fraction of sp³-hybridized carbons (Fsp3) is 0.312. The first-order chi connectivity index (χ1) is 9.33. The molecule has 19 heavy (non-hydrogen) atoms. The lowest BCUT2D eigenvalue weighted by Gasteiger charge is -2.08. The molecule has 0 bridgehead atoms. The zero-order chi connectivity index (χ0) is 13.5. The van der Waals surface area contributed by atoms with Gasteiger partial charge in [0.2, 0.25) is 0 Å². The molecule has 3 heteroatoms. The molecular formula is C16H20N2O. The average Bonchev–Trinajstić information content (AvgIpc) is 2.46. The van der Waals surface area contributed by atoms with Crippen LogP contribution in [-0.2, 0) is 6.54 Å². The lowest BCUT2D eigenvalue weighted by atomic mass is 10.1. The number of nitrogens with zero attached hydrogens (tertiary/aromatic N) is 1. The van der Waals surface area contributed by atoms with E-state index in [0.717, 1.165) is 30.0 Å². The number of hydrogen-bond donors (Lipinski definition) is 1. The second-order valence-corrected chi connectivity index (χ2v) is 4.32. The Morgan fingerprint density at radius 3 is 2.79 bits per heavy atom. The molecule has 1 N–H and O–H groups in total. The van der Waals surface area contributed by atoms with E-state index in [1.54, 1.807) is 0 Å². The molecule has 0 unspecified atom stereocenters. The van der Waals surface area contributed by atoms with Gasteiger partial charge >= 0.3 is 0 Å². The van der Waals surface area contributed by atoms with Crippen molar-refractivity contribution in [2.24, 2.45) is 0 Å². The minimum Gasteiger partial charge on any atom is -0.494 e. The summed E-state index contributed by atoms with van der Waals surface area (Å²) in [5.41, 5.74) is 3.45. The molecule has 0 aliphatic rings. The van der Waals surface area contributed by atoms with Crippen LogP contribution in [0.2, 0.25) is 0 Å². The van der Waals surface area contributed by atoms with Crippen LogP contribution in [0.15, 0.2) is 42.7 Å². The summed E-state index contributed by atoms with van der Waals surface area (Å²) in [6.45, 7) is 6.59. The Labute approximate surface area is 114 Å². The summed E-state index contributed by atoms with van der Waals surface area (Å²) < 4.78 is 5.53. The molecule has 100 valence electrons. The normalized spacial score (nSPS) is 10.4. The van der Waals surface area contributed by atoms with Gasteiger partial charge in [-0.2, -0.15) is 0 Å². The lowest BCUT2D eigenvalue weighted by Crippen LogP contribution is -2.11. The van der Waals surface area contributed by atoms with Crippen LogP contribution >= 0.6 is 0 Å². The Balaban J connectivity index is 2.23. The van der Waals surface area contributed by atoms with Crippen LogP contribution in [0.3, 0.4) is 0 Å². The van der Waals surface area contributed by atoms with Crippen LogP contribution in [0, 0.1) is 0 Å². The number of aromatic nitrogens is 1. The first-order valence-electron chi connectivity index (χ1n) is 6.71.